The minimum atomic E-state index is -0.729. The van der Waals surface area contributed by atoms with Gasteiger partial charge in [-0.05, 0) is 20.0 Å². The Bertz CT molecular complexity index is 237. The monoisotopic (exact) mass is 335 g/mol. The zero-order valence-electron chi connectivity index (χ0n) is 14.8. The molecule has 0 bridgehead atoms. The summed E-state index contributed by atoms with van der Waals surface area (Å²) in [5.74, 6) is -0.729. The lowest BCUT2D eigenvalue weighted by molar-refractivity contribution is -0.137. The van der Waals surface area contributed by atoms with Crippen molar-refractivity contribution in [2.75, 3.05) is 20.1 Å². The Morgan fingerprint density at radius 2 is 1.14 bits per heavy atom. The molecule has 0 atom stereocenters. The first-order valence-corrected chi connectivity index (χ1v) is 9.07. The van der Waals surface area contributed by atoms with Gasteiger partial charge in [0.05, 0.1) is 6.54 Å². The molecule has 0 aromatic heterocycles. The van der Waals surface area contributed by atoms with Gasteiger partial charge in [-0.1, -0.05) is 84.0 Å². The smallest absolute Gasteiger partial charge is 0.317 e. The Morgan fingerprint density at radius 3 is 1.50 bits per heavy atom. The summed E-state index contributed by atoms with van der Waals surface area (Å²) in [6, 6.07) is 0. The number of hydrogen-bond donors (Lipinski definition) is 1. The van der Waals surface area contributed by atoms with E-state index in [0.29, 0.717) is 0 Å². The van der Waals surface area contributed by atoms with Gasteiger partial charge in [-0.3, -0.25) is 9.69 Å². The summed E-state index contributed by atoms with van der Waals surface area (Å²) in [5, 5.41) is 8.65. The molecule has 0 aromatic carbocycles. The van der Waals surface area contributed by atoms with E-state index in [-0.39, 0.29) is 19.0 Å². The average molecular weight is 336 g/mol. The lowest BCUT2D eigenvalue weighted by Gasteiger charge is -2.13. The van der Waals surface area contributed by atoms with Crippen LogP contribution in [-0.4, -0.2) is 36.1 Å². The van der Waals surface area contributed by atoms with E-state index < -0.39 is 5.97 Å². The molecule has 0 aromatic rings. The molecule has 4 heteroatoms. The van der Waals surface area contributed by atoms with Crippen molar-refractivity contribution in [1.29, 1.82) is 0 Å². The van der Waals surface area contributed by atoms with Gasteiger partial charge in [-0.25, -0.2) is 0 Å². The van der Waals surface area contributed by atoms with E-state index in [4.69, 9.17) is 5.11 Å². The molecule has 0 spiro atoms. The summed E-state index contributed by atoms with van der Waals surface area (Å²) < 4.78 is 0. The second kappa shape index (κ2) is 18.8. The van der Waals surface area contributed by atoms with Gasteiger partial charge in [0.2, 0.25) is 0 Å². The predicted octanol–water partition coefficient (Wildman–Crippen LogP) is 5.52. The molecule has 0 rings (SSSR count). The average Bonchev–Trinajstić information content (AvgIpc) is 2.43. The molecule has 0 unspecified atom stereocenters. The molecule has 0 saturated carbocycles. The fourth-order valence-electron chi connectivity index (χ4n) is 2.71. The summed E-state index contributed by atoms with van der Waals surface area (Å²) in [6.45, 7) is 3.34. The number of hydrogen-bond acceptors (Lipinski definition) is 2. The van der Waals surface area contributed by atoms with Crippen LogP contribution in [0.1, 0.15) is 90.4 Å². The maximum absolute atomic E-state index is 10.5. The molecule has 0 amide bonds. The number of carboxylic acid groups (broad SMARTS) is 1. The van der Waals surface area contributed by atoms with Gasteiger partial charge < -0.3 is 5.11 Å². The first kappa shape index (κ1) is 24.0. The van der Waals surface area contributed by atoms with Crippen molar-refractivity contribution in [3.05, 3.63) is 0 Å². The second-order valence-corrected chi connectivity index (χ2v) is 6.37. The van der Waals surface area contributed by atoms with Crippen LogP contribution in [0.3, 0.4) is 0 Å². The minimum Gasteiger partial charge on any atom is -0.480 e. The van der Waals surface area contributed by atoms with Crippen molar-refractivity contribution < 1.29 is 9.90 Å². The van der Waals surface area contributed by atoms with E-state index in [2.05, 4.69) is 6.92 Å². The number of likely N-dealkylation sites (N-methyl/N-ethyl adjacent to an activating group) is 1. The van der Waals surface area contributed by atoms with E-state index in [0.717, 1.165) is 13.0 Å². The Morgan fingerprint density at radius 1 is 0.773 bits per heavy atom. The van der Waals surface area contributed by atoms with Gasteiger partial charge in [-0.2, -0.15) is 0 Å². The summed E-state index contributed by atoms with van der Waals surface area (Å²) >= 11 is 0. The van der Waals surface area contributed by atoms with Crippen LogP contribution in [0, 0.1) is 0 Å². The standard InChI is InChI=1S/C18H37NO2.ClH/c1-3-4-5-6-7-8-9-10-11-12-13-14-15-16-19(2)17-18(20)21;/h3-17H2,1-2H3,(H,20,21);1H. The van der Waals surface area contributed by atoms with Crippen LogP contribution in [-0.2, 0) is 4.79 Å². The highest BCUT2D eigenvalue weighted by Crippen LogP contribution is 2.12. The number of unbranched alkanes of at least 4 members (excludes halogenated alkanes) is 12. The third kappa shape index (κ3) is 19.7. The van der Waals surface area contributed by atoms with E-state index in [9.17, 15) is 4.79 Å². The van der Waals surface area contributed by atoms with E-state index in [1.54, 1.807) is 0 Å². The number of halogens is 1. The van der Waals surface area contributed by atoms with Gasteiger partial charge in [0, 0.05) is 0 Å². The zero-order valence-corrected chi connectivity index (χ0v) is 15.6. The van der Waals surface area contributed by atoms with Crippen LogP contribution in [0.25, 0.3) is 0 Å². The summed E-state index contributed by atoms with van der Waals surface area (Å²) in [6.07, 6.45) is 17.6. The van der Waals surface area contributed by atoms with Gasteiger partial charge in [0.15, 0.2) is 0 Å². The Kier molecular flexibility index (Phi) is 20.5. The molecule has 0 fully saturated rings. The SMILES string of the molecule is CCCCCCCCCCCCCCCN(C)CC(=O)O.Cl. The lowest BCUT2D eigenvalue weighted by Crippen LogP contribution is -2.26. The minimum absolute atomic E-state index is 0. The summed E-state index contributed by atoms with van der Waals surface area (Å²) in [5.41, 5.74) is 0. The molecule has 1 N–H and O–H groups in total. The van der Waals surface area contributed by atoms with Crippen molar-refractivity contribution in [2.24, 2.45) is 0 Å². The number of carbonyl (C=O) groups is 1. The zero-order chi connectivity index (χ0) is 15.8. The van der Waals surface area contributed by atoms with Crippen molar-refractivity contribution in [3.63, 3.8) is 0 Å². The number of rotatable bonds is 16. The molecular formula is C18H38ClNO2. The van der Waals surface area contributed by atoms with Crippen LogP contribution >= 0.6 is 12.4 Å². The van der Waals surface area contributed by atoms with Crippen molar-refractivity contribution in [3.8, 4) is 0 Å². The van der Waals surface area contributed by atoms with Crippen molar-refractivity contribution in [1.82, 2.24) is 4.90 Å². The van der Waals surface area contributed by atoms with E-state index in [1.807, 2.05) is 11.9 Å². The highest BCUT2D eigenvalue weighted by Gasteiger charge is 2.02. The maximum atomic E-state index is 10.5. The molecule has 22 heavy (non-hydrogen) atoms. The number of carboxylic acids is 1. The molecule has 134 valence electrons. The van der Waals surface area contributed by atoms with Crippen molar-refractivity contribution in [2.45, 2.75) is 90.4 Å². The molecular weight excluding hydrogens is 298 g/mol. The van der Waals surface area contributed by atoms with Gasteiger partial charge >= 0.3 is 5.97 Å². The normalized spacial score (nSPS) is 10.7. The van der Waals surface area contributed by atoms with Crippen LogP contribution in [0.2, 0.25) is 0 Å². The van der Waals surface area contributed by atoms with Crippen LogP contribution in [0.4, 0.5) is 0 Å². The Balaban J connectivity index is 0. The molecule has 0 aliphatic rings. The van der Waals surface area contributed by atoms with Crippen LogP contribution < -0.4 is 0 Å². The quantitative estimate of drug-likeness (QED) is 0.378. The fourth-order valence-corrected chi connectivity index (χ4v) is 2.71. The molecule has 0 aliphatic carbocycles. The molecule has 0 aliphatic heterocycles. The third-order valence-electron chi connectivity index (χ3n) is 4.05. The summed E-state index contributed by atoms with van der Waals surface area (Å²) in [4.78, 5) is 12.4. The lowest BCUT2D eigenvalue weighted by atomic mass is 10.0. The highest BCUT2D eigenvalue weighted by atomic mass is 35.5. The Hall–Kier alpha value is -0.280. The van der Waals surface area contributed by atoms with E-state index >= 15 is 0 Å². The first-order chi connectivity index (χ1) is 10.2. The summed E-state index contributed by atoms with van der Waals surface area (Å²) in [7, 11) is 1.88. The second-order valence-electron chi connectivity index (χ2n) is 6.37. The largest absolute Gasteiger partial charge is 0.480 e. The Labute approximate surface area is 144 Å². The molecule has 0 heterocycles. The topological polar surface area (TPSA) is 40.5 Å². The maximum Gasteiger partial charge on any atom is 0.317 e. The van der Waals surface area contributed by atoms with Gasteiger partial charge in [0.25, 0.3) is 0 Å². The third-order valence-corrected chi connectivity index (χ3v) is 4.05. The molecule has 0 saturated heterocycles. The van der Waals surface area contributed by atoms with Crippen LogP contribution in [0.5, 0.6) is 0 Å². The number of nitrogens with zero attached hydrogens (tertiary/aromatic N) is 1. The van der Waals surface area contributed by atoms with Gasteiger partial charge in [0.1, 0.15) is 0 Å². The molecule has 0 radical (unpaired) electrons. The van der Waals surface area contributed by atoms with Gasteiger partial charge in [-0.15, -0.1) is 12.4 Å². The van der Waals surface area contributed by atoms with Crippen LogP contribution in [0.15, 0.2) is 0 Å². The molecule has 3 nitrogen and oxygen atoms in total. The first-order valence-electron chi connectivity index (χ1n) is 9.07. The fraction of sp³-hybridized carbons (Fsp3) is 0.944. The predicted molar refractivity (Wildman–Crippen MR) is 98.1 cm³/mol. The number of aliphatic carboxylic acids is 1. The highest BCUT2D eigenvalue weighted by molar-refractivity contribution is 5.85. The van der Waals surface area contributed by atoms with Crippen molar-refractivity contribution >= 4 is 18.4 Å². The van der Waals surface area contributed by atoms with E-state index in [1.165, 1.54) is 77.0 Å².